The molecule has 0 bridgehead atoms. The highest BCUT2D eigenvalue weighted by atomic mass is 32.2. The van der Waals surface area contributed by atoms with Crippen LogP contribution in [0.1, 0.15) is 17.8 Å². The number of thioether (sulfide) groups is 1. The van der Waals surface area contributed by atoms with Gasteiger partial charge in [0.25, 0.3) is 0 Å². The standard InChI is InChI=1S/C11H22N4O2S2/c1-9-11(19(16,17)13-6-8-18-3)10(2)15(14-9)7-4-5-12/h13H,4-8,12H2,1-3H3. The predicted molar refractivity (Wildman–Crippen MR) is 78.9 cm³/mol. The third-order valence-corrected chi connectivity index (χ3v) is 5.08. The number of nitrogens with zero attached hydrogens (tertiary/aromatic N) is 2. The third kappa shape index (κ3) is 4.20. The van der Waals surface area contributed by atoms with Gasteiger partial charge in [0, 0.05) is 18.8 Å². The molecule has 1 aromatic heterocycles. The Balaban J connectivity index is 2.96. The van der Waals surface area contributed by atoms with Gasteiger partial charge in [-0.25, -0.2) is 13.1 Å². The molecule has 0 spiro atoms. The first kappa shape index (κ1) is 16.5. The number of rotatable bonds is 8. The second-order valence-corrected chi connectivity index (χ2v) is 6.95. The molecule has 0 aromatic carbocycles. The molecule has 0 atom stereocenters. The number of nitrogens with one attached hydrogen (secondary N) is 1. The molecule has 110 valence electrons. The van der Waals surface area contributed by atoms with Crippen LogP contribution in [0, 0.1) is 13.8 Å². The number of nitrogens with two attached hydrogens (primary N) is 1. The van der Waals surface area contributed by atoms with Gasteiger partial charge in [0.15, 0.2) is 0 Å². The van der Waals surface area contributed by atoms with Crippen molar-refractivity contribution < 1.29 is 8.42 Å². The number of aryl methyl sites for hydroxylation is 2. The normalized spacial score (nSPS) is 12.0. The van der Waals surface area contributed by atoms with Gasteiger partial charge in [0.05, 0.1) is 11.4 Å². The van der Waals surface area contributed by atoms with Crippen molar-refractivity contribution in [2.75, 3.05) is 25.1 Å². The van der Waals surface area contributed by atoms with Crippen molar-refractivity contribution in [3.63, 3.8) is 0 Å². The summed E-state index contributed by atoms with van der Waals surface area (Å²) >= 11 is 1.60. The fraction of sp³-hybridized carbons (Fsp3) is 0.727. The Bertz CT molecular complexity index is 511. The van der Waals surface area contributed by atoms with Crippen LogP contribution in [0.15, 0.2) is 4.90 Å². The van der Waals surface area contributed by atoms with Gasteiger partial charge in [-0.15, -0.1) is 0 Å². The average molecular weight is 306 g/mol. The van der Waals surface area contributed by atoms with Gasteiger partial charge >= 0.3 is 0 Å². The molecular weight excluding hydrogens is 284 g/mol. The molecule has 0 unspecified atom stereocenters. The van der Waals surface area contributed by atoms with Crippen LogP contribution in [0.3, 0.4) is 0 Å². The quantitative estimate of drug-likeness (QED) is 0.682. The van der Waals surface area contributed by atoms with Gasteiger partial charge in [-0.2, -0.15) is 16.9 Å². The maximum absolute atomic E-state index is 12.2. The molecule has 0 saturated heterocycles. The molecule has 0 aliphatic carbocycles. The summed E-state index contributed by atoms with van der Waals surface area (Å²) in [4.78, 5) is 0.297. The molecule has 1 aromatic rings. The fourth-order valence-corrected chi connectivity index (χ4v) is 3.75. The number of hydrogen-bond donors (Lipinski definition) is 2. The summed E-state index contributed by atoms with van der Waals surface area (Å²) in [6, 6.07) is 0. The minimum atomic E-state index is -3.48. The zero-order valence-electron chi connectivity index (χ0n) is 11.6. The Hall–Kier alpha value is -0.570. The van der Waals surface area contributed by atoms with E-state index >= 15 is 0 Å². The van der Waals surface area contributed by atoms with Crippen LogP contribution >= 0.6 is 11.8 Å². The van der Waals surface area contributed by atoms with E-state index in [1.165, 1.54) is 0 Å². The first-order chi connectivity index (χ1) is 8.94. The smallest absolute Gasteiger partial charge is 0.244 e. The summed E-state index contributed by atoms with van der Waals surface area (Å²) in [6.07, 6.45) is 2.72. The van der Waals surface area contributed by atoms with E-state index in [4.69, 9.17) is 5.73 Å². The van der Waals surface area contributed by atoms with E-state index in [0.29, 0.717) is 35.9 Å². The highest BCUT2D eigenvalue weighted by molar-refractivity contribution is 7.98. The molecule has 0 fully saturated rings. The lowest BCUT2D eigenvalue weighted by Gasteiger charge is -2.07. The van der Waals surface area contributed by atoms with E-state index in [9.17, 15) is 8.42 Å². The van der Waals surface area contributed by atoms with Crippen molar-refractivity contribution >= 4 is 21.8 Å². The molecule has 0 radical (unpaired) electrons. The lowest BCUT2D eigenvalue weighted by atomic mass is 10.4. The molecule has 1 rings (SSSR count). The second kappa shape index (κ2) is 7.28. The van der Waals surface area contributed by atoms with Crippen LogP contribution in [0.4, 0.5) is 0 Å². The zero-order valence-corrected chi connectivity index (χ0v) is 13.3. The minimum absolute atomic E-state index is 0.297. The van der Waals surface area contributed by atoms with Gasteiger partial charge in [0.1, 0.15) is 4.90 Å². The van der Waals surface area contributed by atoms with Crippen molar-refractivity contribution in [1.82, 2.24) is 14.5 Å². The van der Waals surface area contributed by atoms with Gasteiger partial charge in [-0.3, -0.25) is 4.68 Å². The summed E-state index contributed by atoms with van der Waals surface area (Å²) in [6.45, 7) is 5.13. The molecule has 0 aliphatic rings. The Labute approximate surface area is 119 Å². The van der Waals surface area contributed by atoms with E-state index in [2.05, 4.69) is 9.82 Å². The molecule has 19 heavy (non-hydrogen) atoms. The summed E-state index contributed by atoms with van der Waals surface area (Å²) in [5.74, 6) is 0.749. The maximum atomic E-state index is 12.2. The van der Waals surface area contributed by atoms with Crippen molar-refractivity contribution in [2.24, 2.45) is 5.73 Å². The van der Waals surface area contributed by atoms with E-state index in [-0.39, 0.29) is 0 Å². The highest BCUT2D eigenvalue weighted by Crippen LogP contribution is 2.19. The lowest BCUT2D eigenvalue weighted by Crippen LogP contribution is -2.27. The van der Waals surface area contributed by atoms with Gasteiger partial charge < -0.3 is 5.73 Å². The predicted octanol–water partition coefficient (Wildman–Crippen LogP) is 0.490. The van der Waals surface area contributed by atoms with Crippen molar-refractivity contribution in [2.45, 2.75) is 31.7 Å². The SMILES string of the molecule is CSCCNS(=O)(=O)c1c(C)nn(CCCN)c1C. The third-order valence-electron chi connectivity index (χ3n) is 2.76. The molecule has 0 aliphatic heterocycles. The lowest BCUT2D eigenvalue weighted by molar-refractivity contribution is 0.563. The molecule has 0 amide bonds. The largest absolute Gasteiger partial charge is 0.330 e. The Kier molecular flexibility index (Phi) is 6.31. The van der Waals surface area contributed by atoms with E-state index in [0.717, 1.165) is 12.2 Å². The van der Waals surface area contributed by atoms with Crippen molar-refractivity contribution in [3.8, 4) is 0 Å². The molecular formula is C11H22N4O2S2. The fourth-order valence-electron chi connectivity index (χ4n) is 1.88. The average Bonchev–Trinajstić information content (AvgIpc) is 2.62. The monoisotopic (exact) mass is 306 g/mol. The molecule has 0 saturated carbocycles. The van der Waals surface area contributed by atoms with Crippen LogP contribution < -0.4 is 10.5 Å². The summed E-state index contributed by atoms with van der Waals surface area (Å²) < 4.78 is 28.8. The van der Waals surface area contributed by atoms with Gasteiger partial charge in [-0.1, -0.05) is 0 Å². The van der Waals surface area contributed by atoms with Crippen LogP contribution in [-0.2, 0) is 16.6 Å². The van der Waals surface area contributed by atoms with Gasteiger partial charge in [-0.05, 0) is 33.1 Å². The van der Waals surface area contributed by atoms with Crippen molar-refractivity contribution in [1.29, 1.82) is 0 Å². The Morgan fingerprint density at radius 1 is 1.42 bits per heavy atom. The first-order valence-electron chi connectivity index (χ1n) is 6.16. The zero-order chi connectivity index (χ0) is 14.5. The van der Waals surface area contributed by atoms with Crippen LogP contribution in [0.25, 0.3) is 0 Å². The van der Waals surface area contributed by atoms with Crippen LogP contribution in [0.5, 0.6) is 0 Å². The highest BCUT2D eigenvalue weighted by Gasteiger charge is 2.23. The number of aromatic nitrogens is 2. The maximum Gasteiger partial charge on any atom is 0.244 e. The summed E-state index contributed by atoms with van der Waals surface area (Å²) in [5, 5.41) is 4.28. The minimum Gasteiger partial charge on any atom is -0.330 e. The molecule has 1 heterocycles. The Morgan fingerprint density at radius 2 is 2.11 bits per heavy atom. The van der Waals surface area contributed by atoms with Crippen molar-refractivity contribution in [3.05, 3.63) is 11.4 Å². The number of sulfonamides is 1. The Morgan fingerprint density at radius 3 is 2.68 bits per heavy atom. The molecule has 3 N–H and O–H groups in total. The second-order valence-electron chi connectivity index (χ2n) is 4.26. The van der Waals surface area contributed by atoms with Gasteiger partial charge in [0.2, 0.25) is 10.0 Å². The topological polar surface area (TPSA) is 90.0 Å². The number of hydrogen-bond acceptors (Lipinski definition) is 5. The summed E-state index contributed by atoms with van der Waals surface area (Å²) in [7, 11) is -3.48. The molecule has 8 heteroatoms. The van der Waals surface area contributed by atoms with Crippen LogP contribution in [-0.4, -0.2) is 43.3 Å². The van der Waals surface area contributed by atoms with E-state index in [1.54, 1.807) is 30.3 Å². The van der Waals surface area contributed by atoms with E-state index in [1.807, 2.05) is 6.26 Å². The van der Waals surface area contributed by atoms with E-state index < -0.39 is 10.0 Å². The molecule has 6 nitrogen and oxygen atoms in total. The summed E-state index contributed by atoms with van der Waals surface area (Å²) in [5.41, 5.74) is 6.67. The first-order valence-corrected chi connectivity index (χ1v) is 9.04. The van der Waals surface area contributed by atoms with Crippen LogP contribution in [0.2, 0.25) is 0 Å².